The second-order valence-electron chi connectivity index (χ2n) is 4.53. The minimum Gasteiger partial charge on any atom is -0.469 e. The molecular formula is C14H15F2N5O2S. The number of methoxy groups -OCH3 is 1. The minimum atomic E-state index is -2.81. The van der Waals surface area contributed by atoms with Gasteiger partial charge in [-0.25, -0.2) is 9.98 Å². The molecule has 0 unspecified atom stereocenters. The molecule has 0 radical (unpaired) electrons. The van der Waals surface area contributed by atoms with E-state index in [4.69, 9.17) is 5.73 Å². The molecule has 10 heteroatoms. The third-order valence-corrected chi connectivity index (χ3v) is 3.79. The lowest BCUT2D eigenvalue weighted by atomic mass is 10.1. The summed E-state index contributed by atoms with van der Waals surface area (Å²) in [5, 5.41) is 5.48. The summed E-state index contributed by atoms with van der Waals surface area (Å²) in [5.41, 5.74) is 7.09. The quantitative estimate of drug-likeness (QED) is 0.457. The summed E-state index contributed by atoms with van der Waals surface area (Å²) < 4.78 is 28.8. The number of rotatable bonds is 6. The number of amidine groups is 1. The van der Waals surface area contributed by atoms with E-state index in [0.717, 1.165) is 6.21 Å². The number of thiazole rings is 1. The SMILES string of the molecule is COC(=O)CC1=C(C(N)=CC=NC(F)F)CN=C(c2nccs2)N1. The standard InChI is InChI=1S/C14H15F2N5O2S/c1-23-11(22)6-10-8(9(17)2-3-19-14(15)16)7-20-12(21-10)13-18-4-5-24-13/h2-5,14H,6-7,17H2,1H3,(H,20,21). The van der Waals surface area contributed by atoms with Gasteiger partial charge in [0.15, 0.2) is 10.8 Å². The molecule has 2 heterocycles. The summed E-state index contributed by atoms with van der Waals surface area (Å²) in [6.45, 7) is -2.63. The first-order chi connectivity index (χ1) is 11.5. The lowest BCUT2D eigenvalue weighted by Crippen LogP contribution is -2.32. The smallest absolute Gasteiger partial charge is 0.331 e. The number of nitrogens with two attached hydrogens (primary N) is 1. The number of halogens is 2. The van der Waals surface area contributed by atoms with Gasteiger partial charge in [0, 0.05) is 34.8 Å². The van der Waals surface area contributed by atoms with Gasteiger partial charge in [-0.15, -0.1) is 11.3 Å². The average molecular weight is 355 g/mol. The number of hydrogen-bond acceptors (Lipinski definition) is 8. The average Bonchev–Trinajstić information content (AvgIpc) is 3.08. The number of aliphatic imine (C=N–C) groups is 2. The van der Waals surface area contributed by atoms with Gasteiger partial charge in [0.25, 0.3) is 0 Å². The van der Waals surface area contributed by atoms with Gasteiger partial charge in [-0.3, -0.25) is 9.79 Å². The van der Waals surface area contributed by atoms with E-state index in [1.165, 1.54) is 24.5 Å². The predicted octanol–water partition coefficient (Wildman–Crippen LogP) is 1.45. The highest BCUT2D eigenvalue weighted by Gasteiger charge is 2.21. The monoisotopic (exact) mass is 355 g/mol. The van der Waals surface area contributed by atoms with Gasteiger partial charge in [0.2, 0.25) is 0 Å². The number of nitrogens with one attached hydrogen (secondary N) is 1. The molecule has 0 bridgehead atoms. The fourth-order valence-electron chi connectivity index (χ4n) is 1.89. The van der Waals surface area contributed by atoms with Crippen LogP contribution in [0.4, 0.5) is 8.78 Å². The summed E-state index contributed by atoms with van der Waals surface area (Å²) in [6, 6.07) is 0. The number of allylic oxidation sites excluding steroid dienone is 1. The van der Waals surface area contributed by atoms with Crippen LogP contribution in [0.1, 0.15) is 11.4 Å². The molecule has 7 nitrogen and oxygen atoms in total. The van der Waals surface area contributed by atoms with Crippen LogP contribution in [0.15, 0.2) is 44.6 Å². The van der Waals surface area contributed by atoms with E-state index in [1.54, 1.807) is 11.6 Å². The topological polar surface area (TPSA) is 102 Å². The van der Waals surface area contributed by atoms with Gasteiger partial charge < -0.3 is 15.8 Å². The van der Waals surface area contributed by atoms with Crippen LogP contribution in [-0.2, 0) is 9.53 Å². The predicted molar refractivity (Wildman–Crippen MR) is 87.1 cm³/mol. The molecule has 0 fully saturated rings. The van der Waals surface area contributed by atoms with E-state index < -0.39 is 12.5 Å². The van der Waals surface area contributed by atoms with Crippen molar-refractivity contribution >= 4 is 29.4 Å². The Kier molecular flexibility index (Phi) is 6.13. The largest absolute Gasteiger partial charge is 0.469 e. The molecule has 1 aliphatic rings. The third kappa shape index (κ3) is 4.69. The highest BCUT2D eigenvalue weighted by atomic mass is 32.1. The first kappa shape index (κ1) is 17.7. The fraction of sp³-hybridized carbons (Fsp3) is 0.286. The van der Waals surface area contributed by atoms with Gasteiger partial charge in [-0.2, -0.15) is 8.78 Å². The second-order valence-corrected chi connectivity index (χ2v) is 5.43. The van der Waals surface area contributed by atoms with Crippen molar-refractivity contribution in [3.05, 3.63) is 39.6 Å². The highest BCUT2D eigenvalue weighted by molar-refractivity contribution is 7.11. The van der Waals surface area contributed by atoms with Gasteiger partial charge in [0.05, 0.1) is 20.1 Å². The Balaban J connectivity index is 2.26. The fourth-order valence-corrected chi connectivity index (χ4v) is 2.49. The number of carbonyl (C=O) groups excluding carboxylic acids is 1. The maximum absolute atomic E-state index is 12.0. The van der Waals surface area contributed by atoms with E-state index >= 15 is 0 Å². The van der Waals surface area contributed by atoms with Gasteiger partial charge in [-0.1, -0.05) is 0 Å². The van der Waals surface area contributed by atoms with Crippen molar-refractivity contribution in [3.63, 3.8) is 0 Å². The molecule has 1 aromatic rings. The molecule has 0 aromatic carbocycles. The van der Waals surface area contributed by atoms with E-state index in [2.05, 4.69) is 25.0 Å². The van der Waals surface area contributed by atoms with Gasteiger partial charge in [0.1, 0.15) is 0 Å². The molecule has 3 N–H and O–H groups in total. The van der Waals surface area contributed by atoms with Gasteiger partial charge >= 0.3 is 12.5 Å². The van der Waals surface area contributed by atoms with Crippen molar-refractivity contribution in [2.24, 2.45) is 15.7 Å². The Morgan fingerprint density at radius 2 is 2.42 bits per heavy atom. The van der Waals surface area contributed by atoms with Crippen LogP contribution in [0.25, 0.3) is 0 Å². The Labute approximate surface area is 140 Å². The summed E-state index contributed by atoms with van der Waals surface area (Å²) in [6.07, 6.45) is 3.74. The van der Waals surface area contributed by atoms with Gasteiger partial charge in [-0.05, 0) is 6.08 Å². The summed E-state index contributed by atoms with van der Waals surface area (Å²) >= 11 is 1.39. The zero-order chi connectivity index (χ0) is 17.5. The molecule has 0 saturated heterocycles. The van der Waals surface area contributed by atoms with Crippen LogP contribution in [0, 0.1) is 0 Å². The van der Waals surface area contributed by atoms with Crippen LogP contribution in [0.3, 0.4) is 0 Å². The van der Waals surface area contributed by atoms with Crippen molar-refractivity contribution in [1.29, 1.82) is 0 Å². The number of esters is 1. The molecule has 2 rings (SSSR count). The maximum atomic E-state index is 12.0. The van der Waals surface area contributed by atoms with E-state index in [1.807, 2.05) is 0 Å². The second kappa shape index (κ2) is 8.29. The zero-order valence-corrected chi connectivity index (χ0v) is 13.5. The highest BCUT2D eigenvalue weighted by Crippen LogP contribution is 2.19. The summed E-state index contributed by atoms with van der Waals surface area (Å²) in [5.74, 6) is 0.0473. The molecule has 0 amide bonds. The van der Waals surface area contributed by atoms with Crippen molar-refractivity contribution in [3.8, 4) is 0 Å². The third-order valence-electron chi connectivity index (χ3n) is 3.01. The normalized spacial score (nSPS) is 15.7. The van der Waals surface area contributed by atoms with Crippen LogP contribution >= 0.6 is 11.3 Å². The maximum Gasteiger partial charge on any atom is 0.331 e. The van der Waals surface area contributed by atoms with Crippen molar-refractivity contribution in [2.45, 2.75) is 13.0 Å². The summed E-state index contributed by atoms with van der Waals surface area (Å²) in [7, 11) is 1.27. The Morgan fingerprint density at radius 1 is 1.62 bits per heavy atom. The number of carbonyl (C=O) groups is 1. The molecule has 0 saturated carbocycles. The van der Waals surface area contributed by atoms with E-state index in [0.29, 0.717) is 22.1 Å². The number of nitrogens with zero attached hydrogens (tertiary/aromatic N) is 3. The van der Waals surface area contributed by atoms with Crippen LogP contribution in [0.2, 0.25) is 0 Å². The molecule has 0 atom stereocenters. The van der Waals surface area contributed by atoms with Crippen LogP contribution < -0.4 is 11.1 Å². The molecule has 1 aromatic heterocycles. The summed E-state index contributed by atoms with van der Waals surface area (Å²) in [4.78, 5) is 23.0. The molecule has 0 spiro atoms. The number of alkyl halides is 2. The number of aromatic nitrogens is 1. The first-order valence-electron chi connectivity index (χ1n) is 6.79. The lowest BCUT2D eigenvalue weighted by molar-refractivity contribution is -0.139. The van der Waals surface area contributed by atoms with E-state index in [-0.39, 0.29) is 18.7 Å². The zero-order valence-electron chi connectivity index (χ0n) is 12.7. The van der Waals surface area contributed by atoms with Crippen LogP contribution in [-0.4, -0.2) is 43.2 Å². The van der Waals surface area contributed by atoms with Crippen molar-refractivity contribution in [2.75, 3.05) is 13.7 Å². The molecule has 24 heavy (non-hydrogen) atoms. The molecule has 0 aliphatic carbocycles. The van der Waals surface area contributed by atoms with Crippen LogP contribution in [0.5, 0.6) is 0 Å². The van der Waals surface area contributed by atoms with Crippen molar-refractivity contribution < 1.29 is 18.3 Å². The number of hydrogen-bond donors (Lipinski definition) is 2. The first-order valence-corrected chi connectivity index (χ1v) is 7.67. The lowest BCUT2D eigenvalue weighted by Gasteiger charge is -2.21. The Bertz CT molecular complexity index is 711. The number of ether oxygens (including phenoxy) is 1. The molecule has 1 aliphatic heterocycles. The molecule has 128 valence electrons. The van der Waals surface area contributed by atoms with E-state index in [9.17, 15) is 13.6 Å². The Morgan fingerprint density at radius 3 is 3.04 bits per heavy atom. The Hall–Kier alpha value is -2.62. The minimum absolute atomic E-state index is 0.0588. The van der Waals surface area contributed by atoms with Crippen molar-refractivity contribution in [1.82, 2.24) is 10.3 Å². The molecular weight excluding hydrogens is 340 g/mol.